The van der Waals surface area contributed by atoms with Crippen molar-refractivity contribution in [2.45, 2.75) is 45.8 Å². The van der Waals surface area contributed by atoms with Crippen molar-refractivity contribution in [3.8, 4) is 10.9 Å². The molecule has 0 radical (unpaired) electrons. The van der Waals surface area contributed by atoms with Crippen LogP contribution in [-0.4, -0.2) is 39.9 Å². The number of hydrogen-bond donors (Lipinski definition) is 3. The fraction of sp³-hybridized carbons (Fsp3) is 0.389. The number of fused-ring (bicyclic) bond motifs is 1. The van der Waals surface area contributed by atoms with Crippen molar-refractivity contribution in [2.75, 3.05) is 5.32 Å². The van der Waals surface area contributed by atoms with E-state index in [-0.39, 0.29) is 11.6 Å². The summed E-state index contributed by atoms with van der Waals surface area (Å²) in [5.41, 5.74) is 1.25. The van der Waals surface area contributed by atoms with Crippen LogP contribution in [0.2, 0.25) is 0 Å². The first-order valence-corrected chi connectivity index (χ1v) is 9.67. The molecule has 1 unspecified atom stereocenters. The lowest BCUT2D eigenvalue weighted by Gasteiger charge is -2.19. The third-order valence-corrected chi connectivity index (χ3v) is 4.74. The number of rotatable bonds is 5. The van der Waals surface area contributed by atoms with Crippen LogP contribution in [0.1, 0.15) is 44.4 Å². The number of aromatic nitrogens is 1. The Morgan fingerprint density at radius 3 is 2.76 bits per heavy atom. The van der Waals surface area contributed by atoms with Gasteiger partial charge in [-0.2, -0.15) is 0 Å². The molecule has 2 aromatic rings. The fourth-order valence-corrected chi connectivity index (χ4v) is 3.64. The van der Waals surface area contributed by atoms with Gasteiger partial charge < -0.3 is 24.3 Å². The normalized spacial score (nSPS) is 15.8. The Morgan fingerprint density at radius 1 is 1.38 bits per heavy atom. The number of carbonyl (C=O) groups is 2. The second-order valence-corrected chi connectivity index (χ2v) is 8.53. The van der Waals surface area contributed by atoms with Gasteiger partial charge in [0.15, 0.2) is 0 Å². The highest BCUT2D eigenvalue weighted by molar-refractivity contribution is 7.17. The molecular formula is C18H21BN2O7S. The van der Waals surface area contributed by atoms with Gasteiger partial charge in [0.2, 0.25) is 0 Å². The lowest BCUT2D eigenvalue weighted by atomic mass is 9.77. The molecule has 0 aliphatic carbocycles. The van der Waals surface area contributed by atoms with Crippen molar-refractivity contribution in [2.24, 2.45) is 0 Å². The van der Waals surface area contributed by atoms with Crippen LogP contribution >= 0.6 is 11.3 Å². The summed E-state index contributed by atoms with van der Waals surface area (Å²) in [6.45, 7) is 7.09. The average molecular weight is 420 g/mol. The van der Waals surface area contributed by atoms with Crippen molar-refractivity contribution in [3.05, 3.63) is 29.5 Å². The Balaban J connectivity index is 1.73. The Morgan fingerprint density at radius 2 is 2.10 bits per heavy atom. The van der Waals surface area contributed by atoms with Crippen LogP contribution in [0, 0.1) is 6.92 Å². The monoisotopic (exact) mass is 420 g/mol. The first-order valence-electron chi connectivity index (χ1n) is 8.85. The summed E-state index contributed by atoms with van der Waals surface area (Å²) in [4.78, 5) is 27.0. The minimum atomic E-state index is -1.22. The van der Waals surface area contributed by atoms with Gasteiger partial charge in [-0.15, -0.1) is 0 Å². The maximum absolute atomic E-state index is 11.8. The number of benzene rings is 1. The summed E-state index contributed by atoms with van der Waals surface area (Å²) in [5.74, 6) is -0.597. The highest BCUT2D eigenvalue weighted by Crippen LogP contribution is 2.34. The van der Waals surface area contributed by atoms with E-state index in [0.717, 1.165) is 16.9 Å². The van der Waals surface area contributed by atoms with Gasteiger partial charge in [0.05, 0.1) is 18.7 Å². The molecule has 3 rings (SSSR count). The van der Waals surface area contributed by atoms with Crippen LogP contribution in [0.4, 0.5) is 9.80 Å². The molecule has 1 amide bonds. The first-order chi connectivity index (χ1) is 13.5. The van der Waals surface area contributed by atoms with Gasteiger partial charge in [-0.05, 0) is 56.4 Å². The standard InChI is InChI=1S/C18H21BN2O7S/c1-9-5-10(6-11-15(9)12(7-14(22)23)28-19(11)25)26-17-20-8-13(29-17)21-16(24)27-18(2,3)4/h5-6,8,12,25H,7H2,1-4H3,(H,21,24)(H,22,23). The number of nitrogens with one attached hydrogen (secondary N) is 1. The smallest absolute Gasteiger partial charge is 0.481 e. The average Bonchev–Trinajstić information content (AvgIpc) is 3.10. The molecule has 9 nitrogen and oxygen atoms in total. The van der Waals surface area contributed by atoms with Crippen molar-refractivity contribution in [1.29, 1.82) is 0 Å². The third kappa shape index (κ3) is 5.25. The van der Waals surface area contributed by atoms with Crippen molar-refractivity contribution in [1.82, 2.24) is 4.98 Å². The molecule has 0 saturated carbocycles. The zero-order chi connectivity index (χ0) is 21.3. The summed E-state index contributed by atoms with van der Waals surface area (Å²) in [6.07, 6.45) is -0.0932. The van der Waals surface area contributed by atoms with Gasteiger partial charge in [0, 0.05) is 0 Å². The van der Waals surface area contributed by atoms with Gasteiger partial charge in [0.1, 0.15) is 16.4 Å². The molecule has 1 aromatic carbocycles. The number of ether oxygens (including phenoxy) is 2. The summed E-state index contributed by atoms with van der Waals surface area (Å²) >= 11 is 1.11. The lowest BCUT2D eigenvalue weighted by molar-refractivity contribution is -0.138. The molecule has 154 valence electrons. The number of carbonyl (C=O) groups excluding carboxylic acids is 1. The zero-order valence-corrected chi connectivity index (χ0v) is 17.2. The van der Waals surface area contributed by atoms with Gasteiger partial charge >= 0.3 is 19.2 Å². The lowest BCUT2D eigenvalue weighted by Crippen LogP contribution is -2.28. The quantitative estimate of drug-likeness (QED) is 0.631. The number of carboxylic acids is 1. The Bertz CT molecular complexity index is 941. The second kappa shape index (κ2) is 8.01. The fourth-order valence-electron chi connectivity index (χ4n) is 2.97. The third-order valence-electron chi connectivity index (χ3n) is 3.95. The predicted octanol–water partition coefficient (Wildman–Crippen LogP) is 2.82. The van der Waals surface area contributed by atoms with E-state index in [9.17, 15) is 14.6 Å². The van der Waals surface area contributed by atoms with Gasteiger partial charge in [-0.3, -0.25) is 10.1 Å². The van der Waals surface area contributed by atoms with Crippen molar-refractivity contribution < 1.29 is 33.8 Å². The van der Waals surface area contributed by atoms with Crippen LogP contribution in [-0.2, 0) is 14.2 Å². The number of hydrogen-bond acceptors (Lipinski definition) is 8. The highest BCUT2D eigenvalue weighted by Gasteiger charge is 2.38. The maximum Gasteiger partial charge on any atom is 0.492 e. The molecule has 1 atom stereocenters. The second-order valence-electron chi connectivity index (χ2n) is 7.54. The van der Waals surface area contributed by atoms with E-state index in [4.69, 9.17) is 19.2 Å². The molecule has 1 aromatic heterocycles. The topological polar surface area (TPSA) is 127 Å². The van der Waals surface area contributed by atoms with E-state index in [1.807, 2.05) is 0 Å². The summed E-state index contributed by atoms with van der Waals surface area (Å²) in [6, 6.07) is 3.31. The Hall–Kier alpha value is -2.63. The molecule has 29 heavy (non-hydrogen) atoms. The maximum atomic E-state index is 11.8. The molecule has 2 heterocycles. The number of aryl methyl sites for hydroxylation is 1. The van der Waals surface area contributed by atoms with Crippen molar-refractivity contribution >= 4 is 41.0 Å². The molecule has 3 N–H and O–H groups in total. The number of thiazole rings is 1. The predicted molar refractivity (Wildman–Crippen MR) is 107 cm³/mol. The summed E-state index contributed by atoms with van der Waals surface area (Å²) in [5, 5.41) is 22.5. The number of carboxylic acid groups (broad SMARTS) is 1. The first kappa shape index (κ1) is 21.1. The molecule has 0 spiro atoms. The number of nitrogens with zero attached hydrogens (tertiary/aromatic N) is 1. The van der Waals surface area contributed by atoms with Crippen LogP contribution < -0.4 is 15.5 Å². The minimum absolute atomic E-state index is 0.239. The van der Waals surface area contributed by atoms with Crippen LogP contribution in [0.15, 0.2) is 18.3 Å². The van der Waals surface area contributed by atoms with Gasteiger partial charge in [-0.1, -0.05) is 11.3 Å². The Labute approximate surface area is 171 Å². The highest BCUT2D eigenvalue weighted by atomic mass is 32.1. The Kier molecular flexibility index (Phi) is 5.83. The number of amides is 1. The van der Waals surface area contributed by atoms with E-state index in [1.165, 1.54) is 6.20 Å². The van der Waals surface area contributed by atoms with E-state index in [1.54, 1.807) is 39.8 Å². The van der Waals surface area contributed by atoms with Gasteiger partial charge in [-0.25, -0.2) is 9.78 Å². The molecule has 1 aliphatic heterocycles. The molecule has 1 aliphatic rings. The van der Waals surface area contributed by atoms with Crippen LogP contribution in [0.5, 0.6) is 10.9 Å². The molecule has 0 saturated heterocycles. The molecular weight excluding hydrogens is 399 g/mol. The molecule has 0 fully saturated rings. The van der Waals surface area contributed by atoms with E-state index in [2.05, 4.69) is 10.3 Å². The largest absolute Gasteiger partial charge is 0.492 e. The van der Waals surface area contributed by atoms with Crippen LogP contribution in [0.3, 0.4) is 0 Å². The summed E-state index contributed by atoms with van der Waals surface area (Å²) in [7, 11) is -1.22. The minimum Gasteiger partial charge on any atom is -0.481 e. The van der Waals surface area contributed by atoms with Crippen LogP contribution in [0.25, 0.3) is 0 Å². The molecule has 0 bridgehead atoms. The number of anilines is 1. The van der Waals surface area contributed by atoms with E-state index in [0.29, 0.717) is 21.8 Å². The SMILES string of the molecule is Cc1cc(Oc2ncc(NC(=O)OC(C)(C)C)s2)cc2c1C(CC(=O)O)OB2O. The molecule has 11 heteroatoms. The number of aliphatic carboxylic acids is 1. The summed E-state index contributed by atoms with van der Waals surface area (Å²) < 4.78 is 16.3. The van der Waals surface area contributed by atoms with Gasteiger partial charge in [0.25, 0.3) is 5.19 Å². The van der Waals surface area contributed by atoms with E-state index >= 15 is 0 Å². The van der Waals surface area contributed by atoms with Crippen molar-refractivity contribution in [3.63, 3.8) is 0 Å². The van der Waals surface area contributed by atoms with E-state index < -0.39 is 30.9 Å². The zero-order valence-electron chi connectivity index (χ0n) is 16.4.